The molecule has 0 fully saturated rings. The molecule has 0 atom stereocenters. The third-order valence-electron chi connectivity index (χ3n) is 3.84. The van der Waals surface area contributed by atoms with Gasteiger partial charge in [0, 0.05) is 25.8 Å². The molecule has 0 unspecified atom stereocenters. The molecule has 2 amide bonds. The SMILES string of the molecule is COc1cccc(NC(=O)CN(C)C(=O)COC(=O)c2c(C)nn(C)c2Cl)c1. The molecule has 1 N–H and O–H groups in total. The van der Waals surface area contributed by atoms with Crippen LogP contribution in [-0.4, -0.2) is 59.8 Å². The van der Waals surface area contributed by atoms with E-state index in [0.29, 0.717) is 17.1 Å². The topological polar surface area (TPSA) is 103 Å². The van der Waals surface area contributed by atoms with Crippen molar-refractivity contribution in [3.05, 3.63) is 40.7 Å². The Morgan fingerprint density at radius 1 is 1.32 bits per heavy atom. The van der Waals surface area contributed by atoms with Crippen LogP contribution in [0.5, 0.6) is 5.75 Å². The van der Waals surface area contributed by atoms with Crippen LogP contribution >= 0.6 is 11.6 Å². The van der Waals surface area contributed by atoms with Crippen LogP contribution in [0.4, 0.5) is 5.69 Å². The molecule has 0 aliphatic carbocycles. The number of methoxy groups -OCH3 is 1. The lowest BCUT2D eigenvalue weighted by molar-refractivity contribution is -0.136. The first-order valence-corrected chi connectivity index (χ1v) is 8.64. The van der Waals surface area contributed by atoms with E-state index in [-0.39, 0.29) is 17.3 Å². The van der Waals surface area contributed by atoms with E-state index in [9.17, 15) is 14.4 Å². The van der Waals surface area contributed by atoms with Gasteiger partial charge in [-0.1, -0.05) is 17.7 Å². The monoisotopic (exact) mass is 408 g/mol. The lowest BCUT2D eigenvalue weighted by Crippen LogP contribution is -2.37. The molecule has 2 rings (SSSR count). The fourth-order valence-electron chi connectivity index (χ4n) is 2.38. The minimum atomic E-state index is -0.752. The number of hydrogen-bond acceptors (Lipinski definition) is 6. The molecule has 150 valence electrons. The molecule has 0 aliphatic heterocycles. The number of nitrogens with zero attached hydrogens (tertiary/aromatic N) is 3. The van der Waals surface area contributed by atoms with E-state index in [1.54, 1.807) is 38.2 Å². The first kappa shape index (κ1) is 21.2. The second kappa shape index (κ2) is 9.23. The van der Waals surface area contributed by atoms with E-state index >= 15 is 0 Å². The lowest BCUT2D eigenvalue weighted by Gasteiger charge is -2.17. The van der Waals surface area contributed by atoms with Crippen LogP contribution in [0.3, 0.4) is 0 Å². The number of hydrogen-bond donors (Lipinski definition) is 1. The third kappa shape index (κ3) is 5.23. The summed E-state index contributed by atoms with van der Waals surface area (Å²) in [6.45, 7) is 0.881. The number of amides is 2. The predicted octanol–water partition coefficient (Wildman–Crippen LogP) is 1.64. The van der Waals surface area contributed by atoms with Gasteiger partial charge in [0.05, 0.1) is 19.3 Å². The number of aryl methyl sites for hydroxylation is 2. The maximum absolute atomic E-state index is 12.1. The fraction of sp³-hybridized carbons (Fsp3) is 0.333. The van der Waals surface area contributed by atoms with Gasteiger partial charge in [0.25, 0.3) is 5.91 Å². The van der Waals surface area contributed by atoms with Gasteiger partial charge in [-0.2, -0.15) is 5.10 Å². The summed E-state index contributed by atoms with van der Waals surface area (Å²) in [4.78, 5) is 37.5. The Bertz CT molecular complexity index is 896. The van der Waals surface area contributed by atoms with Crippen LogP contribution in [-0.2, 0) is 21.4 Å². The van der Waals surface area contributed by atoms with E-state index in [4.69, 9.17) is 21.1 Å². The number of halogens is 1. The van der Waals surface area contributed by atoms with Crippen molar-refractivity contribution in [2.24, 2.45) is 7.05 Å². The standard InChI is InChI=1S/C18H21ClN4O5/c1-11-16(17(19)23(3)21-11)18(26)28-10-15(25)22(2)9-14(24)20-12-6-5-7-13(8-12)27-4/h5-8H,9-10H2,1-4H3,(H,20,24). The first-order chi connectivity index (χ1) is 13.2. The van der Waals surface area contributed by atoms with Crippen molar-refractivity contribution >= 4 is 35.1 Å². The summed E-state index contributed by atoms with van der Waals surface area (Å²) >= 11 is 6.00. The van der Waals surface area contributed by atoms with Crippen LogP contribution in [0.1, 0.15) is 16.1 Å². The van der Waals surface area contributed by atoms with Crippen LogP contribution in [0, 0.1) is 6.92 Å². The number of ether oxygens (including phenoxy) is 2. The van der Waals surface area contributed by atoms with Crippen molar-refractivity contribution in [1.29, 1.82) is 0 Å². The molecule has 0 spiro atoms. The molecule has 0 saturated heterocycles. The average Bonchev–Trinajstić information content (AvgIpc) is 2.91. The Hall–Kier alpha value is -3.07. The number of rotatable bonds is 7. The zero-order valence-corrected chi connectivity index (χ0v) is 16.7. The van der Waals surface area contributed by atoms with Gasteiger partial charge in [0.2, 0.25) is 5.91 Å². The van der Waals surface area contributed by atoms with Crippen LogP contribution in [0.25, 0.3) is 0 Å². The van der Waals surface area contributed by atoms with Crippen LogP contribution in [0.2, 0.25) is 5.15 Å². The second-order valence-corrected chi connectivity index (χ2v) is 6.34. The van der Waals surface area contributed by atoms with Crippen molar-refractivity contribution in [2.45, 2.75) is 6.92 Å². The van der Waals surface area contributed by atoms with Crippen molar-refractivity contribution in [2.75, 3.05) is 32.6 Å². The average molecular weight is 409 g/mol. The first-order valence-electron chi connectivity index (χ1n) is 8.27. The predicted molar refractivity (Wildman–Crippen MR) is 102 cm³/mol. The minimum absolute atomic E-state index is 0.107. The Labute approximate surface area is 167 Å². The highest BCUT2D eigenvalue weighted by molar-refractivity contribution is 6.32. The molecule has 1 heterocycles. The zero-order chi connectivity index (χ0) is 20.8. The van der Waals surface area contributed by atoms with Gasteiger partial charge in [-0.15, -0.1) is 0 Å². The molecule has 0 saturated carbocycles. The number of esters is 1. The van der Waals surface area contributed by atoms with E-state index in [2.05, 4.69) is 10.4 Å². The number of carbonyl (C=O) groups excluding carboxylic acids is 3. The number of anilines is 1. The van der Waals surface area contributed by atoms with Crippen molar-refractivity contribution in [3.63, 3.8) is 0 Å². The molecule has 0 radical (unpaired) electrons. The number of benzene rings is 1. The number of carbonyl (C=O) groups is 3. The summed E-state index contributed by atoms with van der Waals surface area (Å²) in [5.74, 6) is -1.09. The lowest BCUT2D eigenvalue weighted by atomic mass is 10.3. The van der Waals surface area contributed by atoms with Crippen molar-refractivity contribution in [3.8, 4) is 5.75 Å². The summed E-state index contributed by atoms with van der Waals surface area (Å²) in [7, 11) is 4.55. The van der Waals surface area contributed by atoms with E-state index in [0.717, 1.165) is 4.90 Å². The third-order valence-corrected chi connectivity index (χ3v) is 4.28. The Morgan fingerprint density at radius 2 is 2.04 bits per heavy atom. The maximum atomic E-state index is 12.1. The molecule has 0 bridgehead atoms. The summed E-state index contributed by atoms with van der Waals surface area (Å²) in [6, 6.07) is 6.83. The Morgan fingerprint density at radius 3 is 2.64 bits per heavy atom. The van der Waals surface area contributed by atoms with Gasteiger partial charge in [0.1, 0.15) is 16.5 Å². The summed E-state index contributed by atoms with van der Waals surface area (Å²) in [6.07, 6.45) is 0. The van der Waals surface area contributed by atoms with E-state index in [1.165, 1.54) is 18.8 Å². The van der Waals surface area contributed by atoms with Gasteiger partial charge in [0.15, 0.2) is 6.61 Å². The molecule has 0 aliphatic rings. The van der Waals surface area contributed by atoms with Gasteiger partial charge in [-0.3, -0.25) is 14.3 Å². The van der Waals surface area contributed by atoms with Gasteiger partial charge < -0.3 is 19.7 Å². The van der Waals surface area contributed by atoms with Crippen molar-refractivity contribution in [1.82, 2.24) is 14.7 Å². The molecular formula is C18H21ClN4O5. The summed E-state index contributed by atoms with van der Waals surface area (Å²) < 4.78 is 11.4. The highest BCUT2D eigenvalue weighted by Gasteiger charge is 2.22. The maximum Gasteiger partial charge on any atom is 0.343 e. The van der Waals surface area contributed by atoms with E-state index < -0.39 is 24.4 Å². The molecular weight excluding hydrogens is 388 g/mol. The highest BCUT2D eigenvalue weighted by Crippen LogP contribution is 2.19. The van der Waals surface area contributed by atoms with Crippen LogP contribution < -0.4 is 10.1 Å². The fourth-order valence-corrected chi connectivity index (χ4v) is 2.63. The van der Waals surface area contributed by atoms with Gasteiger partial charge >= 0.3 is 5.97 Å². The normalized spacial score (nSPS) is 10.3. The largest absolute Gasteiger partial charge is 0.497 e. The van der Waals surface area contributed by atoms with Crippen molar-refractivity contribution < 1.29 is 23.9 Å². The second-order valence-electron chi connectivity index (χ2n) is 5.98. The highest BCUT2D eigenvalue weighted by atomic mass is 35.5. The molecule has 28 heavy (non-hydrogen) atoms. The van der Waals surface area contributed by atoms with Gasteiger partial charge in [-0.25, -0.2) is 4.79 Å². The molecule has 1 aromatic carbocycles. The van der Waals surface area contributed by atoms with Crippen LogP contribution in [0.15, 0.2) is 24.3 Å². The number of nitrogens with one attached hydrogen (secondary N) is 1. The molecule has 9 nitrogen and oxygen atoms in total. The Balaban J connectivity index is 1.86. The van der Waals surface area contributed by atoms with Gasteiger partial charge in [-0.05, 0) is 19.1 Å². The summed E-state index contributed by atoms with van der Waals surface area (Å²) in [5.41, 5.74) is 1.05. The minimum Gasteiger partial charge on any atom is -0.497 e. The number of likely N-dealkylation sites (N-methyl/N-ethyl adjacent to an activating group) is 1. The zero-order valence-electron chi connectivity index (χ0n) is 16.0. The van der Waals surface area contributed by atoms with E-state index in [1.807, 2.05) is 0 Å². The smallest absolute Gasteiger partial charge is 0.343 e. The molecule has 1 aromatic heterocycles. The molecule has 2 aromatic rings. The Kier molecular flexibility index (Phi) is 7.00. The quantitative estimate of drug-likeness (QED) is 0.699. The number of aromatic nitrogens is 2. The molecule has 10 heteroatoms. The summed E-state index contributed by atoms with van der Waals surface area (Å²) in [5, 5.41) is 6.80.